The van der Waals surface area contributed by atoms with E-state index >= 15 is 0 Å². The summed E-state index contributed by atoms with van der Waals surface area (Å²) >= 11 is 0. The van der Waals surface area contributed by atoms with Gasteiger partial charge in [0.2, 0.25) is 0 Å². The number of hydrogen-bond acceptors (Lipinski definition) is 5. The number of hydrogen-bond donors (Lipinski definition) is 2. The van der Waals surface area contributed by atoms with E-state index in [0.29, 0.717) is 19.0 Å². The Hall–Kier alpha value is -0.910. The highest BCUT2D eigenvalue weighted by atomic mass is 127. The fourth-order valence-corrected chi connectivity index (χ4v) is 4.15. The Balaban J connectivity index is 0.00000450. The number of ether oxygens (including phenoxy) is 1. The van der Waals surface area contributed by atoms with Gasteiger partial charge in [-0.05, 0) is 24.0 Å². The number of sulfone groups is 1. The van der Waals surface area contributed by atoms with E-state index in [9.17, 15) is 8.42 Å². The summed E-state index contributed by atoms with van der Waals surface area (Å²) in [6, 6.07) is 7.57. The standard InChI is InChI=1S/C21H36N4O3S.HI/c1-5-22-21(24-13-20-15-25(10-11-28-20)14-17(2)3)23-12-18-6-8-19(9-7-18)16-29(4,26)27;/h6-9,17,20H,5,10-16H2,1-4H3,(H2,22,23,24);1H. The van der Waals surface area contributed by atoms with Crippen molar-refractivity contribution in [2.24, 2.45) is 10.9 Å². The lowest BCUT2D eigenvalue weighted by molar-refractivity contribution is -0.0284. The minimum absolute atomic E-state index is 0. The van der Waals surface area contributed by atoms with E-state index in [1.54, 1.807) is 0 Å². The molecule has 1 heterocycles. The summed E-state index contributed by atoms with van der Waals surface area (Å²) in [7, 11) is -3.01. The summed E-state index contributed by atoms with van der Waals surface area (Å²) in [5.41, 5.74) is 1.84. The number of benzene rings is 1. The lowest BCUT2D eigenvalue weighted by atomic mass is 10.1. The van der Waals surface area contributed by atoms with E-state index in [1.165, 1.54) is 6.26 Å². The molecule has 0 aromatic heterocycles. The maximum absolute atomic E-state index is 11.4. The largest absolute Gasteiger partial charge is 0.374 e. The van der Waals surface area contributed by atoms with Crippen molar-refractivity contribution in [3.8, 4) is 0 Å². The van der Waals surface area contributed by atoms with Crippen LogP contribution in [0.15, 0.2) is 29.3 Å². The normalized spacial score (nSPS) is 18.2. The van der Waals surface area contributed by atoms with Crippen molar-refractivity contribution < 1.29 is 13.2 Å². The van der Waals surface area contributed by atoms with Gasteiger partial charge in [-0.1, -0.05) is 38.1 Å². The second kappa shape index (κ2) is 13.5. The molecule has 30 heavy (non-hydrogen) atoms. The van der Waals surface area contributed by atoms with Gasteiger partial charge in [-0.25, -0.2) is 13.4 Å². The minimum atomic E-state index is -3.01. The second-order valence-corrected chi connectivity index (χ2v) is 10.2. The Bertz CT molecular complexity index is 754. The first-order chi connectivity index (χ1) is 13.7. The molecule has 0 bridgehead atoms. The maximum atomic E-state index is 11.4. The monoisotopic (exact) mass is 552 g/mol. The molecule has 1 unspecified atom stereocenters. The molecular formula is C21H37IN4O3S. The van der Waals surface area contributed by atoms with Crippen LogP contribution in [-0.2, 0) is 26.9 Å². The van der Waals surface area contributed by atoms with Crippen LogP contribution in [0.2, 0.25) is 0 Å². The van der Waals surface area contributed by atoms with E-state index in [4.69, 9.17) is 4.74 Å². The average molecular weight is 553 g/mol. The van der Waals surface area contributed by atoms with Gasteiger partial charge in [0.1, 0.15) is 0 Å². The number of halogens is 1. The molecule has 0 amide bonds. The van der Waals surface area contributed by atoms with Crippen molar-refractivity contribution in [1.82, 2.24) is 15.5 Å². The molecule has 0 spiro atoms. The number of nitrogens with one attached hydrogen (secondary N) is 2. The van der Waals surface area contributed by atoms with Gasteiger partial charge in [0.25, 0.3) is 0 Å². The fraction of sp³-hybridized carbons (Fsp3) is 0.667. The lowest BCUT2D eigenvalue weighted by Gasteiger charge is -2.34. The van der Waals surface area contributed by atoms with Crippen LogP contribution in [0.1, 0.15) is 31.9 Å². The molecule has 1 aliphatic heterocycles. The molecule has 2 N–H and O–H groups in total. The Morgan fingerprint density at radius 1 is 1.23 bits per heavy atom. The third-order valence-corrected chi connectivity index (χ3v) is 5.42. The first-order valence-electron chi connectivity index (χ1n) is 10.4. The zero-order valence-electron chi connectivity index (χ0n) is 18.6. The third-order valence-electron chi connectivity index (χ3n) is 4.56. The van der Waals surface area contributed by atoms with E-state index < -0.39 is 9.84 Å². The Morgan fingerprint density at radius 3 is 2.50 bits per heavy atom. The summed E-state index contributed by atoms with van der Waals surface area (Å²) < 4.78 is 28.7. The number of guanidine groups is 1. The molecule has 1 fully saturated rings. The second-order valence-electron chi connectivity index (χ2n) is 8.11. The van der Waals surface area contributed by atoms with Crippen LogP contribution in [0.4, 0.5) is 0 Å². The molecule has 1 aromatic rings. The van der Waals surface area contributed by atoms with Crippen molar-refractivity contribution in [2.45, 2.75) is 39.2 Å². The van der Waals surface area contributed by atoms with Gasteiger partial charge in [0, 0.05) is 39.0 Å². The van der Waals surface area contributed by atoms with Gasteiger partial charge in [-0.2, -0.15) is 0 Å². The van der Waals surface area contributed by atoms with Crippen molar-refractivity contribution in [3.05, 3.63) is 35.4 Å². The van der Waals surface area contributed by atoms with Gasteiger partial charge >= 0.3 is 0 Å². The number of rotatable bonds is 9. The smallest absolute Gasteiger partial charge is 0.191 e. The summed E-state index contributed by atoms with van der Waals surface area (Å²) in [6.07, 6.45) is 1.40. The van der Waals surface area contributed by atoms with Gasteiger partial charge in [-0.15, -0.1) is 24.0 Å². The zero-order chi connectivity index (χ0) is 21.3. The SMILES string of the molecule is CCNC(=NCc1ccc(CS(C)(=O)=O)cc1)NCC1CN(CC(C)C)CCO1.I. The Kier molecular flexibility index (Phi) is 12.2. The van der Waals surface area contributed by atoms with Crippen LogP contribution < -0.4 is 10.6 Å². The van der Waals surface area contributed by atoms with E-state index in [0.717, 1.165) is 49.9 Å². The minimum Gasteiger partial charge on any atom is -0.374 e. The molecule has 0 radical (unpaired) electrons. The first-order valence-corrected chi connectivity index (χ1v) is 12.4. The fourth-order valence-electron chi connectivity index (χ4n) is 3.35. The highest BCUT2D eigenvalue weighted by Crippen LogP contribution is 2.09. The number of nitrogens with zero attached hydrogens (tertiary/aromatic N) is 2. The van der Waals surface area contributed by atoms with E-state index in [-0.39, 0.29) is 35.8 Å². The average Bonchev–Trinajstić information content (AvgIpc) is 2.64. The summed E-state index contributed by atoms with van der Waals surface area (Å²) in [5, 5.41) is 6.65. The van der Waals surface area contributed by atoms with Gasteiger partial charge in [0.15, 0.2) is 15.8 Å². The van der Waals surface area contributed by atoms with Crippen LogP contribution in [0.25, 0.3) is 0 Å². The maximum Gasteiger partial charge on any atom is 0.191 e. The van der Waals surface area contributed by atoms with Crippen molar-refractivity contribution in [2.75, 3.05) is 45.6 Å². The number of aliphatic imine (C=N–C) groups is 1. The predicted molar refractivity (Wildman–Crippen MR) is 134 cm³/mol. The van der Waals surface area contributed by atoms with Gasteiger partial charge < -0.3 is 15.4 Å². The summed E-state index contributed by atoms with van der Waals surface area (Å²) in [5.74, 6) is 1.48. The molecule has 9 heteroatoms. The zero-order valence-corrected chi connectivity index (χ0v) is 21.7. The van der Waals surface area contributed by atoms with Crippen molar-refractivity contribution >= 4 is 39.8 Å². The van der Waals surface area contributed by atoms with Crippen LogP contribution in [0.3, 0.4) is 0 Å². The van der Waals surface area contributed by atoms with Gasteiger partial charge in [-0.3, -0.25) is 4.90 Å². The molecule has 2 rings (SSSR count). The molecule has 0 saturated carbocycles. The highest BCUT2D eigenvalue weighted by Gasteiger charge is 2.21. The molecule has 0 aliphatic carbocycles. The molecule has 172 valence electrons. The highest BCUT2D eigenvalue weighted by molar-refractivity contribution is 14.0. The molecule has 7 nitrogen and oxygen atoms in total. The molecular weight excluding hydrogens is 515 g/mol. The van der Waals surface area contributed by atoms with Crippen LogP contribution in [0, 0.1) is 5.92 Å². The lowest BCUT2D eigenvalue weighted by Crippen LogP contribution is -2.50. The predicted octanol–water partition coefficient (Wildman–Crippen LogP) is 2.26. The van der Waals surface area contributed by atoms with Crippen LogP contribution in [-0.4, -0.2) is 71.0 Å². The summed E-state index contributed by atoms with van der Waals surface area (Å²) in [6.45, 7) is 12.4. The van der Waals surface area contributed by atoms with E-state index in [2.05, 4.69) is 34.4 Å². The van der Waals surface area contributed by atoms with Crippen LogP contribution in [0.5, 0.6) is 0 Å². The quantitative estimate of drug-likeness (QED) is 0.278. The van der Waals surface area contributed by atoms with E-state index in [1.807, 2.05) is 31.2 Å². The first kappa shape index (κ1) is 27.1. The molecule has 1 saturated heterocycles. The molecule has 1 aromatic carbocycles. The van der Waals surface area contributed by atoms with Crippen molar-refractivity contribution in [3.63, 3.8) is 0 Å². The number of morpholine rings is 1. The molecule has 1 atom stereocenters. The Labute approximate surface area is 199 Å². The topological polar surface area (TPSA) is 83.0 Å². The summed E-state index contributed by atoms with van der Waals surface area (Å²) in [4.78, 5) is 7.11. The van der Waals surface area contributed by atoms with Crippen molar-refractivity contribution in [1.29, 1.82) is 0 Å². The van der Waals surface area contributed by atoms with Gasteiger partial charge in [0.05, 0.1) is 25.0 Å². The Morgan fingerprint density at radius 2 is 1.90 bits per heavy atom. The molecule has 1 aliphatic rings. The third kappa shape index (κ3) is 10.9. The van der Waals surface area contributed by atoms with Crippen LogP contribution >= 0.6 is 24.0 Å².